The lowest BCUT2D eigenvalue weighted by Crippen LogP contribution is -2.40. The molecule has 14 heteroatoms. The monoisotopic (exact) mass is 844 g/mol. The molecule has 61 heavy (non-hydrogen) atoms. The van der Waals surface area contributed by atoms with Gasteiger partial charge in [0, 0.05) is 49.5 Å². The molecule has 1 unspecified atom stereocenters. The highest BCUT2D eigenvalue weighted by molar-refractivity contribution is 7.90. The molecule has 4 heterocycles. The molecule has 13 nitrogen and oxygen atoms in total. The van der Waals surface area contributed by atoms with E-state index in [4.69, 9.17) is 9.47 Å². The fraction of sp³-hybridized carbons (Fsp3) is 0.404. The topological polar surface area (TPSA) is 169 Å². The average molecular weight is 845 g/mol. The molecule has 3 N–H and O–H groups in total. The third-order valence-corrected chi connectivity index (χ3v) is 14.3. The maximum atomic E-state index is 13.9. The number of carbonyl (C=O) groups excluding carboxylic acids is 1. The number of nitrogens with zero attached hydrogens (tertiary/aromatic N) is 3. The van der Waals surface area contributed by atoms with Gasteiger partial charge < -0.3 is 19.8 Å². The summed E-state index contributed by atoms with van der Waals surface area (Å²) in [6, 6.07) is 22.3. The van der Waals surface area contributed by atoms with E-state index in [1.807, 2.05) is 18.2 Å². The van der Waals surface area contributed by atoms with E-state index in [0.29, 0.717) is 49.2 Å². The fourth-order valence-electron chi connectivity index (χ4n) is 9.45. The number of anilines is 1. The van der Waals surface area contributed by atoms with Crippen molar-refractivity contribution in [1.29, 1.82) is 0 Å². The second-order valence-electron chi connectivity index (χ2n) is 17.0. The molecule has 3 aromatic carbocycles. The first-order valence-corrected chi connectivity index (χ1v) is 23.1. The van der Waals surface area contributed by atoms with Crippen LogP contribution in [-0.4, -0.2) is 72.5 Å². The summed E-state index contributed by atoms with van der Waals surface area (Å²) in [4.78, 5) is 35.2. The second-order valence-corrected chi connectivity index (χ2v) is 18.6. The van der Waals surface area contributed by atoms with E-state index in [-0.39, 0.29) is 28.8 Å². The molecule has 2 aliphatic carbocycles. The van der Waals surface area contributed by atoms with Crippen molar-refractivity contribution in [3.63, 3.8) is 0 Å². The Morgan fingerprint density at radius 3 is 2.56 bits per heavy atom. The first-order valence-electron chi connectivity index (χ1n) is 21.6. The fourth-order valence-corrected chi connectivity index (χ4v) is 10.4. The Balaban J connectivity index is 0.911. The van der Waals surface area contributed by atoms with Crippen molar-refractivity contribution in [2.75, 3.05) is 31.6 Å². The number of amides is 1. The van der Waals surface area contributed by atoms with Gasteiger partial charge >= 0.3 is 0 Å². The Kier molecular flexibility index (Phi) is 11.9. The predicted octanol–water partition coefficient (Wildman–Crippen LogP) is 9.30. The molecule has 5 aromatic rings. The molecule has 1 amide bonds. The normalized spacial score (nSPS) is 21.5. The number of aromatic amines is 1. The molecule has 1 atom stereocenters. The number of rotatable bonds is 14. The zero-order chi connectivity index (χ0) is 41.9. The van der Waals surface area contributed by atoms with Crippen molar-refractivity contribution >= 4 is 44.4 Å². The van der Waals surface area contributed by atoms with E-state index in [1.54, 1.807) is 24.5 Å². The lowest BCUT2D eigenvalue weighted by atomic mass is 9.80. The largest absolute Gasteiger partial charge is 0.455 e. The molecule has 4 aliphatic rings. The summed E-state index contributed by atoms with van der Waals surface area (Å²) >= 11 is 0. The number of sulfonamides is 1. The number of nitro groups is 1. The zero-order valence-corrected chi connectivity index (χ0v) is 34.9. The number of likely N-dealkylation sites (tertiary alicyclic amines) is 1. The van der Waals surface area contributed by atoms with Gasteiger partial charge in [-0.1, -0.05) is 42.5 Å². The molecule has 2 saturated carbocycles. The molecule has 9 rings (SSSR count). The molecule has 2 saturated heterocycles. The molecule has 2 aromatic heterocycles. The first kappa shape index (κ1) is 40.8. The standard InChI is InChI=1S/C47H52N6O7S/c54-47(51-61(57,58)40-16-18-43(44(28-40)53(55)56)49-29-31-20-24-59-25-21-31)42-17-12-35(27-45(42)60-39-26-36-19-22-48-46(36)50-30-39)32-9-13-38(14-10-32)52-23-3-5-37(52)15-11-33-4-1-2-6-41(33)34-7-8-34/h1-2,4,6,11-12,15-19,22,26-28,30-32,34,37-38,49H,3,5,7-10,13-14,20-21,23-25,29H2,(H,48,50)(H,51,54). The van der Waals surface area contributed by atoms with Crippen LogP contribution in [0.5, 0.6) is 11.5 Å². The zero-order valence-electron chi connectivity index (χ0n) is 34.1. The van der Waals surface area contributed by atoms with Crippen LogP contribution in [0.25, 0.3) is 17.1 Å². The van der Waals surface area contributed by atoms with Crippen LogP contribution in [0, 0.1) is 16.0 Å². The van der Waals surface area contributed by atoms with Crippen LogP contribution in [0.3, 0.4) is 0 Å². The van der Waals surface area contributed by atoms with Gasteiger partial charge in [0.25, 0.3) is 21.6 Å². The highest BCUT2D eigenvalue weighted by Crippen LogP contribution is 2.43. The van der Waals surface area contributed by atoms with E-state index in [9.17, 15) is 23.3 Å². The number of hydrogen-bond acceptors (Lipinski definition) is 10. The maximum Gasteiger partial charge on any atom is 0.293 e. The molecule has 0 bridgehead atoms. The second kappa shape index (κ2) is 17.8. The maximum absolute atomic E-state index is 13.9. The van der Waals surface area contributed by atoms with Crippen LogP contribution in [0.2, 0.25) is 0 Å². The number of nitro benzene ring substituents is 1. The van der Waals surface area contributed by atoms with Gasteiger partial charge in [-0.05, 0) is 142 Å². The molecule has 318 valence electrons. The summed E-state index contributed by atoms with van der Waals surface area (Å²) < 4.78 is 41.3. The molecular weight excluding hydrogens is 793 g/mol. The van der Waals surface area contributed by atoms with E-state index in [1.165, 1.54) is 48.9 Å². The van der Waals surface area contributed by atoms with Crippen molar-refractivity contribution in [2.45, 2.75) is 93.0 Å². The quantitative estimate of drug-likeness (QED) is 0.0724. The lowest BCUT2D eigenvalue weighted by Gasteiger charge is -2.37. The minimum Gasteiger partial charge on any atom is -0.455 e. The summed E-state index contributed by atoms with van der Waals surface area (Å²) in [5.41, 5.74) is 4.34. The smallest absolute Gasteiger partial charge is 0.293 e. The van der Waals surface area contributed by atoms with E-state index in [2.05, 4.69) is 61.3 Å². The minimum atomic E-state index is -4.53. The average Bonchev–Trinajstić information content (AvgIpc) is 3.83. The van der Waals surface area contributed by atoms with Crippen LogP contribution in [0.1, 0.15) is 103 Å². The van der Waals surface area contributed by atoms with Gasteiger partial charge in [0.2, 0.25) is 0 Å². The van der Waals surface area contributed by atoms with Crippen molar-refractivity contribution < 1.29 is 27.6 Å². The molecule has 0 radical (unpaired) electrons. The molecule has 2 aliphatic heterocycles. The number of ether oxygens (including phenoxy) is 2. The summed E-state index contributed by atoms with van der Waals surface area (Å²) in [6.07, 6.45) is 18.7. The van der Waals surface area contributed by atoms with Crippen LogP contribution in [-0.2, 0) is 14.8 Å². The van der Waals surface area contributed by atoms with Crippen LogP contribution in [0.15, 0.2) is 96.2 Å². The van der Waals surface area contributed by atoms with Gasteiger partial charge in [-0.25, -0.2) is 18.1 Å². The number of benzene rings is 3. The molecular formula is C47H52N6O7S. The Morgan fingerprint density at radius 2 is 1.75 bits per heavy atom. The number of H-pyrrole nitrogens is 1. The van der Waals surface area contributed by atoms with Crippen molar-refractivity contribution in [1.82, 2.24) is 19.6 Å². The Labute approximate surface area is 356 Å². The van der Waals surface area contributed by atoms with Crippen LogP contribution < -0.4 is 14.8 Å². The number of aromatic nitrogens is 2. The highest BCUT2D eigenvalue weighted by Gasteiger charge is 2.34. The van der Waals surface area contributed by atoms with Gasteiger partial charge in [0.1, 0.15) is 22.8 Å². The summed E-state index contributed by atoms with van der Waals surface area (Å²) in [5, 5.41) is 16.0. The van der Waals surface area contributed by atoms with Crippen LogP contribution >= 0.6 is 0 Å². The number of fused-ring (bicyclic) bond motifs is 1. The number of nitrogens with one attached hydrogen (secondary N) is 3. The summed E-state index contributed by atoms with van der Waals surface area (Å²) in [5.74, 6) is 0.882. The highest BCUT2D eigenvalue weighted by atomic mass is 32.2. The number of hydrogen-bond donors (Lipinski definition) is 3. The summed E-state index contributed by atoms with van der Waals surface area (Å²) in [7, 11) is -4.53. The SMILES string of the molecule is O=C(NS(=O)(=O)c1ccc(NCC2CCOCC2)c([N+](=O)[O-])c1)c1ccc(C2CCC(N3CCCC3C=Cc3ccccc3C3CC3)CC2)cc1Oc1cnc2[nH]ccc2c1. The minimum absolute atomic E-state index is 0.00868. The van der Waals surface area contributed by atoms with E-state index >= 15 is 0 Å². The van der Waals surface area contributed by atoms with Gasteiger partial charge in [0.05, 0.1) is 21.6 Å². The lowest BCUT2D eigenvalue weighted by molar-refractivity contribution is -0.384. The Morgan fingerprint density at radius 1 is 0.951 bits per heavy atom. The third kappa shape index (κ3) is 9.36. The molecule has 0 spiro atoms. The van der Waals surface area contributed by atoms with Crippen molar-refractivity contribution in [3.05, 3.63) is 124 Å². The first-order chi connectivity index (χ1) is 29.7. The van der Waals surface area contributed by atoms with E-state index < -0.39 is 31.4 Å². The Bertz CT molecular complexity index is 2540. The van der Waals surface area contributed by atoms with Crippen molar-refractivity contribution in [3.8, 4) is 11.5 Å². The number of carbonyl (C=O) groups is 1. The van der Waals surface area contributed by atoms with Crippen LogP contribution in [0.4, 0.5) is 11.4 Å². The van der Waals surface area contributed by atoms with E-state index in [0.717, 1.165) is 62.1 Å². The van der Waals surface area contributed by atoms with Crippen molar-refractivity contribution in [2.24, 2.45) is 5.92 Å². The van der Waals surface area contributed by atoms with Gasteiger partial charge in [-0.15, -0.1) is 0 Å². The number of pyridine rings is 1. The van der Waals surface area contributed by atoms with Gasteiger partial charge in [-0.3, -0.25) is 19.8 Å². The third-order valence-electron chi connectivity index (χ3n) is 13.0. The Hall–Kier alpha value is -5.57. The van der Waals surface area contributed by atoms with Gasteiger partial charge in [0.15, 0.2) is 0 Å². The van der Waals surface area contributed by atoms with Gasteiger partial charge in [-0.2, -0.15) is 0 Å². The predicted molar refractivity (Wildman–Crippen MR) is 235 cm³/mol. The molecule has 4 fully saturated rings. The summed E-state index contributed by atoms with van der Waals surface area (Å²) in [6.45, 7) is 2.86.